The second kappa shape index (κ2) is 10.7. The molecular formula is C23H23BrN4O3S. The molecule has 3 rings (SSSR count). The van der Waals surface area contributed by atoms with Crippen molar-refractivity contribution in [2.24, 2.45) is 5.92 Å². The molecule has 0 bridgehead atoms. The number of thioether (sulfide) groups is 1. The molecule has 9 heteroatoms. The molecule has 0 unspecified atom stereocenters. The summed E-state index contributed by atoms with van der Waals surface area (Å²) < 4.78 is 7.68. The van der Waals surface area contributed by atoms with Gasteiger partial charge in [-0.3, -0.25) is 9.36 Å². The number of amides is 1. The van der Waals surface area contributed by atoms with E-state index in [1.54, 1.807) is 19.2 Å². The maximum Gasteiger partial charge on any atom is 0.328 e. The summed E-state index contributed by atoms with van der Waals surface area (Å²) >= 11 is 4.80. The summed E-state index contributed by atoms with van der Waals surface area (Å²) in [6.45, 7) is 5.71. The van der Waals surface area contributed by atoms with Gasteiger partial charge in [0.05, 0.1) is 35.9 Å². The zero-order valence-electron chi connectivity index (χ0n) is 18.0. The molecule has 1 atom stereocenters. The van der Waals surface area contributed by atoms with Crippen molar-refractivity contribution in [3.05, 3.63) is 52.8 Å². The highest BCUT2D eigenvalue weighted by molar-refractivity contribution is 9.10. The average Bonchev–Trinajstić information content (AvgIpc) is 3.15. The second-order valence-corrected chi connectivity index (χ2v) is 9.07. The average molecular weight is 515 g/mol. The lowest BCUT2D eigenvalue weighted by molar-refractivity contribution is -0.148. The molecule has 1 N–H and O–H groups in total. The predicted molar refractivity (Wildman–Crippen MR) is 128 cm³/mol. The van der Waals surface area contributed by atoms with Crippen molar-refractivity contribution in [1.82, 2.24) is 14.9 Å². The maximum atomic E-state index is 12.6. The zero-order valence-corrected chi connectivity index (χ0v) is 20.4. The zero-order chi connectivity index (χ0) is 23.3. The lowest BCUT2D eigenvalue weighted by Gasteiger charge is -2.20. The summed E-state index contributed by atoms with van der Waals surface area (Å²) in [5.41, 5.74) is 1.44. The van der Waals surface area contributed by atoms with Gasteiger partial charge in [0.2, 0.25) is 5.91 Å². The number of ether oxygens (including phenoxy) is 1. The van der Waals surface area contributed by atoms with Crippen molar-refractivity contribution < 1.29 is 14.3 Å². The van der Waals surface area contributed by atoms with Gasteiger partial charge in [-0.05, 0) is 40.9 Å². The first-order valence-electron chi connectivity index (χ1n) is 10.1. The van der Waals surface area contributed by atoms with Gasteiger partial charge in [-0.25, -0.2) is 9.78 Å². The number of esters is 1. The monoisotopic (exact) mass is 514 g/mol. The SMILES string of the molecule is CCOC(=O)[C@@H](NC(=O)CSc1ncc(Br)n1-c1ccc(C#N)c2ccccc12)C(C)C. The number of aromatic nitrogens is 2. The number of imidazole rings is 1. The fourth-order valence-corrected chi connectivity index (χ4v) is 4.66. The molecule has 0 fully saturated rings. The normalized spacial score (nSPS) is 11.9. The smallest absolute Gasteiger partial charge is 0.328 e. The Bertz CT molecular complexity index is 1190. The fourth-order valence-electron chi connectivity index (χ4n) is 3.29. The van der Waals surface area contributed by atoms with E-state index in [0.717, 1.165) is 21.1 Å². The highest BCUT2D eigenvalue weighted by atomic mass is 79.9. The number of carbonyl (C=O) groups is 2. The lowest BCUT2D eigenvalue weighted by atomic mass is 10.0. The van der Waals surface area contributed by atoms with Crippen LogP contribution in [0.2, 0.25) is 0 Å². The Balaban J connectivity index is 1.84. The summed E-state index contributed by atoms with van der Waals surface area (Å²) in [5, 5.41) is 14.6. The Labute approximate surface area is 199 Å². The van der Waals surface area contributed by atoms with Crippen LogP contribution in [-0.4, -0.2) is 39.8 Å². The number of nitrogens with one attached hydrogen (secondary N) is 1. The van der Waals surface area contributed by atoms with E-state index >= 15 is 0 Å². The number of fused-ring (bicyclic) bond motifs is 1. The van der Waals surface area contributed by atoms with Crippen LogP contribution in [0.15, 0.2) is 52.4 Å². The molecule has 2 aromatic carbocycles. The Morgan fingerprint density at radius 2 is 1.97 bits per heavy atom. The van der Waals surface area contributed by atoms with Crippen molar-refractivity contribution in [2.45, 2.75) is 32.0 Å². The van der Waals surface area contributed by atoms with Crippen LogP contribution >= 0.6 is 27.7 Å². The molecule has 0 saturated heterocycles. The molecule has 1 amide bonds. The summed E-state index contributed by atoms with van der Waals surface area (Å²) in [6.07, 6.45) is 1.67. The van der Waals surface area contributed by atoms with E-state index in [2.05, 4.69) is 32.3 Å². The minimum Gasteiger partial charge on any atom is -0.464 e. The van der Waals surface area contributed by atoms with E-state index < -0.39 is 12.0 Å². The Morgan fingerprint density at radius 1 is 1.25 bits per heavy atom. The van der Waals surface area contributed by atoms with Gasteiger partial charge in [-0.15, -0.1) is 0 Å². The van der Waals surface area contributed by atoms with Gasteiger partial charge in [0, 0.05) is 10.8 Å². The largest absolute Gasteiger partial charge is 0.464 e. The molecule has 0 aliphatic carbocycles. The Hall–Kier alpha value is -2.83. The molecule has 32 heavy (non-hydrogen) atoms. The van der Waals surface area contributed by atoms with Crippen molar-refractivity contribution in [1.29, 1.82) is 5.26 Å². The van der Waals surface area contributed by atoms with Crippen molar-refractivity contribution in [3.8, 4) is 11.8 Å². The molecular weight excluding hydrogens is 492 g/mol. The van der Waals surface area contributed by atoms with Crippen LogP contribution in [0, 0.1) is 17.2 Å². The number of nitrogens with zero attached hydrogens (tertiary/aromatic N) is 3. The Kier molecular flexibility index (Phi) is 7.94. The van der Waals surface area contributed by atoms with Crippen LogP contribution in [0.1, 0.15) is 26.3 Å². The third-order valence-electron chi connectivity index (χ3n) is 4.80. The summed E-state index contributed by atoms with van der Waals surface area (Å²) in [7, 11) is 0. The van der Waals surface area contributed by atoms with Gasteiger partial charge in [0.25, 0.3) is 0 Å². The van der Waals surface area contributed by atoms with Crippen LogP contribution in [0.3, 0.4) is 0 Å². The fraction of sp³-hybridized carbons (Fsp3) is 0.304. The van der Waals surface area contributed by atoms with Crippen LogP contribution < -0.4 is 5.32 Å². The predicted octanol–water partition coefficient (Wildman–Crippen LogP) is 4.46. The van der Waals surface area contributed by atoms with E-state index in [1.165, 1.54) is 11.8 Å². The molecule has 0 saturated carbocycles. The third-order valence-corrected chi connectivity index (χ3v) is 6.32. The number of rotatable bonds is 8. The quantitative estimate of drug-likeness (QED) is 0.352. The molecule has 3 aromatic rings. The van der Waals surface area contributed by atoms with Crippen LogP contribution in [-0.2, 0) is 14.3 Å². The van der Waals surface area contributed by atoms with E-state index in [0.29, 0.717) is 10.7 Å². The number of benzene rings is 2. The second-order valence-electron chi connectivity index (χ2n) is 7.32. The summed E-state index contributed by atoms with van der Waals surface area (Å²) in [4.78, 5) is 29.1. The molecule has 7 nitrogen and oxygen atoms in total. The Morgan fingerprint density at radius 3 is 2.62 bits per heavy atom. The lowest BCUT2D eigenvalue weighted by Crippen LogP contribution is -2.46. The van der Waals surface area contributed by atoms with Gasteiger partial charge < -0.3 is 10.1 Å². The molecule has 1 heterocycles. The van der Waals surface area contributed by atoms with Crippen molar-refractivity contribution >= 4 is 50.3 Å². The van der Waals surface area contributed by atoms with Gasteiger partial charge in [0.15, 0.2) is 5.16 Å². The van der Waals surface area contributed by atoms with Gasteiger partial charge >= 0.3 is 5.97 Å². The van der Waals surface area contributed by atoms with Crippen LogP contribution in [0.25, 0.3) is 16.5 Å². The molecule has 0 radical (unpaired) electrons. The van der Waals surface area contributed by atoms with Crippen molar-refractivity contribution in [3.63, 3.8) is 0 Å². The summed E-state index contributed by atoms with van der Waals surface area (Å²) in [6, 6.07) is 12.8. The molecule has 0 aliphatic rings. The first-order valence-corrected chi connectivity index (χ1v) is 11.9. The number of nitriles is 1. The van der Waals surface area contributed by atoms with Gasteiger partial charge in [-0.1, -0.05) is 49.9 Å². The minimum absolute atomic E-state index is 0.0836. The number of hydrogen-bond acceptors (Lipinski definition) is 6. The van der Waals surface area contributed by atoms with Gasteiger partial charge in [-0.2, -0.15) is 5.26 Å². The molecule has 0 aliphatic heterocycles. The highest BCUT2D eigenvalue weighted by Gasteiger charge is 2.25. The molecule has 166 valence electrons. The number of hydrogen-bond donors (Lipinski definition) is 1. The van der Waals surface area contributed by atoms with E-state index in [-0.39, 0.29) is 24.2 Å². The standard InChI is InChI=1S/C23H23BrN4O3S/c1-4-31-22(30)21(14(2)3)27-20(29)13-32-23-26-12-19(24)28(23)18-10-9-15(11-25)16-7-5-6-8-17(16)18/h5-10,12,14,21H,4,13H2,1-3H3,(H,27,29)/t21-/m0/s1. The van der Waals surface area contributed by atoms with Crippen LogP contribution in [0.4, 0.5) is 0 Å². The minimum atomic E-state index is -0.697. The molecule has 1 aromatic heterocycles. The van der Waals surface area contributed by atoms with Crippen molar-refractivity contribution in [2.75, 3.05) is 12.4 Å². The third kappa shape index (κ3) is 5.14. The van der Waals surface area contributed by atoms with E-state index in [9.17, 15) is 14.9 Å². The first kappa shape index (κ1) is 23.8. The number of carbonyl (C=O) groups excluding carboxylic acids is 2. The summed E-state index contributed by atoms with van der Waals surface area (Å²) in [5.74, 6) is -0.726. The maximum absolute atomic E-state index is 12.6. The first-order chi connectivity index (χ1) is 15.4. The van der Waals surface area contributed by atoms with Gasteiger partial charge in [0.1, 0.15) is 10.6 Å². The topological polar surface area (TPSA) is 97.0 Å². The molecule has 0 spiro atoms. The van der Waals surface area contributed by atoms with E-state index in [4.69, 9.17) is 4.74 Å². The highest BCUT2D eigenvalue weighted by Crippen LogP contribution is 2.32. The van der Waals surface area contributed by atoms with E-state index in [1.807, 2.05) is 48.7 Å². The number of halogens is 1. The van der Waals surface area contributed by atoms with Crippen LogP contribution in [0.5, 0.6) is 0 Å².